The fourth-order valence-electron chi connectivity index (χ4n) is 2.59. The van der Waals surface area contributed by atoms with Crippen molar-refractivity contribution in [3.8, 4) is 0 Å². The van der Waals surface area contributed by atoms with Crippen LogP contribution in [0.3, 0.4) is 0 Å². The molecular weight excluding hydrogens is 270 g/mol. The first-order valence-electron chi connectivity index (χ1n) is 9.71. The van der Waals surface area contributed by atoms with Crippen molar-refractivity contribution >= 4 is 5.91 Å². The van der Waals surface area contributed by atoms with E-state index < -0.39 is 0 Å². The molecule has 0 saturated heterocycles. The van der Waals surface area contributed by atoms with Crippen molar-refractivity contribution < 1.29 is 4.79 Å². The number of hydrogen-bond donors (Lipinski definition) is 0. The van der Waals surface area contributed by atoms with Gasteiger partial charge in [-0.2, -0.15) is 0 Å². The number of carbonyl (C=O) groups is 1. The fourth-order valence-corrected chi connectivity index (χ4v) is 2.59. The zero-order valence-corrected chi connectivity index (χ0v) is 15.4. The van der Waals surface area contributed by atoms with Crippen LogP contribution in [-0.2, 0) is 4.79 Å². The summed E-state index contributed by atoms with van der Waals surface area (Å²) in [6, 6.07) is 0. The highest BCUT2D eigenvalue weighted by Gasteiger charge is 2.09. The fraction of sp³-hybridized carbons (Fsp3) is 0.850. The van der Waals surface area contributed by atoms with Gasteiger partial charge in [0.1, 0.15) is 0 Å². The van der Waals surface area contributed by atoms with Gasteiger partial charge in [-0.3, -0.25) is 4.79 Å². The molecule has 0 N–H and O–H groups in total. The first-order valence-corrected chi connectivity index (χ1v) is 9.71. The summed E-state index contributed by atoms with van der Waals surface area (Å²) < 4.78 is 0. The zero-order chi connectivity index (χ0) is 16.5. The van der Waals surface area contributed by atoms with Crippen molar-refractivity contribution in [2.75, 3.05) is 13.1 Å². The molecule has 0 saturated carbocycles. The molecule has 0 aliphatic rings. The Bertz CT molecular complexity index is 263. The summed E-state index contributed by atoms with van der Waals surface area (Å²) in [6.45, 7) is 8.52. The minimum atomic E-state index is 0.223. The number of hydrogen-bond acceptors (Lipinski definition) is 1. The van der Waals surface area contributed by atoms with Crippen molar-refractivity contribution in [1.82, 2.24) is 4.90 Å². The van der Waals surface area contributed by atoms with Crippen molar-refractivity contribution in [3.05, 3.63) is 12.2 Å². The highest BCUT2D eigenvalue weighted by Crippen LogP contribution is 2.07. The molecule has 0 aromatic heterocycles. The molecule has 0 aromatic rings. The normalized spacial score (nSPS) is 11.2. The average Bonchev–Trinajstić information content (AvgIpc) is 2.52. The molecule has 0 heterocycles. The summed E-state index contributed by atoms with van der Waals surface area (Å²) in [6.07, 6.45) is 18.6. The van der Waals surface area contributed by atoms with E-state index >= 15 is 0 Å². The van der Waals surface area contributed by atoms with Crippen molar-refractivity contribution in [3.63, 3.8) is 0 Å². The number of nitrogens with zero attached hydrogens (tertiary/aromatic N) is 1. The molecule has 22 heavy (non-hydrogen) atoms. The van der Waals surface area contributed by atoms with E-state index in [1.807, 2.05) is 6.08 Å². The number of rotatable bonds is 15. The number of amides is 1. The van der Waals surface area contributed by atoms with Crippen LogP contribution >= 0.6 is 0 Å². The Labute approximate surface area is 139 Å². The summed E-state index contributed by atoms with van der Waals surface area (Å²) in [4.78, 5) is 14.4. The standard InChI is InChI=1S/C20H39NO/c1-4-7-10-11-12-13-14-17-20(22)21(18-15-8-5-2)19-16-9-6-3/h14,17H,4-13,15-16,18-19H2,1-3H3. The maximum absolute atomic E-state index is 12.3. The van der Waals surface area contributed by atoms with E-state index in [0.717, 1.165) is 32.4 Å². The molecule has 0 bridgehead atoms. The van der Waals surface area contributed by atoms with Crippen LogP contribution in [-0.4, -0.2) is 23.9 Å². The third kappa shape index (κ3) is 12.9. The molecule has 0 aliphatic heterocycles. The van der Waals surface area contributed by atoms with Gasteiger partial charge in [-0.05, 0) is 31.8 Å². The average molecular weight is 310 g/mol. The lowest BCUT2D eigenvalue weighted by Gasteiger charge is -2.21. The Kier molecular flexibility index (Phi) is 16.0. The third-order valence-corrected chi connectivity index (χ3v) is 4.11. The molecule has 1 amide bonds. The number of allylic oxidation sites excluding steroid dienone is 1. The number of carbonyl (C=O) groups excluding carboxylic acids is 1. The van der Waals surface area contributed by atoms with Gasteiger partial charge in [0.2, 0.25) is 5.91 Å². The minimum Gasteiger partial charge on any atom is -0.339 e. The van der Waals surface area contributed by atoms with Crippen LogP contribution in [0.1, 0.15) is 97.8 Å². The van der Waals surface area contributed by atoms with E-state index in [1.165, 1.54) is 57.8 Å². The van der Waals surface area contributed by atoms with Crippen molar-refractivity contribution in [2.24, 2.45) is 0 Å². The molecule has 2 heteroatoms. The van der Waals surface area contributed by atoms with Gasteiger partial charge in [-0.25, -0.2) is 0 Å². The maximum atomic E-state index is 12.3. The van der Waals surface area contributed by atoms with E-state index in [2.05, 4.69) is 31.7 Å². The van der Waals surface area contributed by atoms with Crippen LogP contribution in [0, 0.1) is 0 Å². The van der Waals surface area contributed by atoms with E-state index in [9.17, 15) is 4.79 Å². The van der Waals surface area contributed by atoms with Crippen LogP contribution in [0.2, 0.25) is 0 Å². The molecule has 0 rings (SSSR count). The summed E-state index contributed by atoms with van der Waals surface area (Å²) in [5.41, 5.74) is 0. The Balaban J connectivity index is 4.01. The summed E-state index contributed by atoms with van der Waals surface area (Å²) in [7, 11) is 0. The second kappa shape index (κ2) is 16.6. The summed E-state index contributed by atoms with van der Waals surface area (Å²) in [5, 5.41) is 0. The van der Waals surface area contributed by atoms with Gasteiger partial charge in [0.25, 0.3) is 0 Å². The van der Waals surface area contributed by atoms with Crippen molar-refractivity contribution in [1.29, 1.82) is 0 Å². The molecule has 0 aromatic carbocycles. The van der Waals surface area contributed by atoms with Crippen LogP contribution in [0.25, 0.3) is 0 Å². The van der Waals surface area contributed by atoms with Crippen LogP contribution in [0.5, 0.6) is 0 Å². The summed E-state index contributed by atoms with van der Waals surface area (Å²) in [5.74, 6) is 0.223. The summed E-state index contributed by atoms with van der Waals surface area (Å²) >= 11 is 0. The highest BCUT2D eigenvalue weighted by molar-refractivity contribution is 5.87. The molecule has 0 aliphatic carbocycles. The molecule has 0 atom stereocenters. The van der Waals surface area contributed by atoms with E-state index in [0.29, 0.717) is 0 Å². The predicted octanol–water partition coefficient (Wildman–Crippen LogP) is 6.11. The van der Waals surface area contributed by atoms with Gasteiger partial charge in [0.05, 0.1) is 0 Å². The molecule has 130 valence electrons. The monoisotopic (exact) mass is 309 g/mol. The predicted molar refractivity (Wildman–Crippen MR) is 98.1 cm³/mol. The van der Waals surface area contributed by atoms with Gasteiger partial charge >= 0.3 is 0 Å². The number of unbranched alkanes of at least 4 members (excludes halogenated alkanes) is 9. The van der Waals surface area contributed by atoms with E-state index in [1.54, 1.807) is 0 Å². The van der Waals surface area contributed by atoms with E-state index in [4.69, 9.17) is 0 Å². The largest absolute Gasteiger partial charge is 0.339 e. The van der Waals surface area contributed by atoms with Gasteiger partial charge < -0.3 is 4.90 Å². The van der Waals surface area contributed by atoms with Crippen LogP contribution in [0.4, 0.5) is 0 Å². The second-order valence-electron chi connectivity index (χ2n) is 6.34. The Morgan fingerprint density at radius 2 is 1.23 bits per heavy atom. The third-order valence-electron chi connectivity index (χ3n) is 4.11. The van der Waals surface area contributed by atoms with Gasteiger partial charge in [-0.15, -0.1) is 0 Å². The first kappa shape index (κ1) is 21.2. The van der Waals surface area contributed by atoms with Gasteiger partial charge in [0.15, 0.2) is 0 Å². The van der Waals surface area contributed by atoms with E-state index in [-0.39, 0.29) is 5.91 Å². The second-order valence-corrected chi connectivity index (χ2v) is 6.34. The van der Waals surface area contributed by atoms with Crippen molar-refractivity contribution in [2.45, 2.75) is 97.8 Å². The minimum absolute atomic E-state index is 0.223. The Morgan fingerprint density at radius 3 is 1.77 bits per heavy atom. The Morgan fingerprint density at radius 1 is 0.727 bits per heavy atom. The Hall–Kier alpha value is -0.790. The first-order chi connectivity index (χ1) is 10.8. The van der Waals surface area contributed by atoms with Crippen LogP contribution < -0.4 is 0 Å². The molecular formula is C20H39NO. The van der Waals surface area contributed by atoms with Gasteiger partial charge in [0, 0.05) is 13.1 Å². The van der Waals surface area contributed by atoms with Crippen LogP contribution in [0.15, 0.2) is 12.2 Å². The smallest absolute Gasteiger partial charge is 0.246 e. The molecule has 0 fully saturated rings. The quantitative estimate of drug-likeness (QED) is 0.264. The maximum Gasteiger partial charge on any atom is 0.246 e. The zero-order valence-electron chi connectivity index (χ0n) is 15.4. The molecule has 0 unspecified atom stereocenters. The molecule has 2 nitrogen and oxygen atoms in total. The topological polar surface area (TPSA) is 20.3 Å². The highest BCUT2D eigenvalue weighted by atomic mass is 16.2. The molecule has 0 radical (unpaired) electrons. The SMILES string of the molecule is CCCCCCCC=CC(=O)N(CCCCC)CCCCC. The lowest BCUT2D eigenvalue weighted by Crippen LogP contribution is -2.31. The lowest BCUT2D eigenvalue weighted by molar-refractivity contribution is -0.126. The molecule has 0 spiro atoms. The van der Waals surface area contributed by atoms with Gasteiger partial charge in [-0.1, -0.05) is 78.2 Å². The lowest BCUT2D eigenvalue weighted by atomic mass is 10.1.